The summed E-state index contributed by atoms with van der Waals surface area (Å²) in [6.45, 7) is 1.49. The van der Waals surface area contributed by atoms with E-state index in [1.54, 1.807) is 12.1 Å². The molecule has 2 rings (SSSR count). The molecular weight excluding hydrogens is 257 g/mol. The second-order valence-electron chi connectivity index (χ2n) is 4.39. The minimum absolute atomic E-state index is 0.218. The summed E-state index contributed by atoms with van der Waals surface area (Å²) in [4.78, 5) is 0. The molecule has 1 aromatic rings. The standard InChI is InChI=1S/C13H17ClFNS/c14-12-2-1-3-13(15)11(12)9-16-8-10-4-6-17-7-5-10/h1-3,10,16H,4-9H2. The van der Waals surface area contributed by atoms with Crippen molar-refractivity contribution in [2.75, 3.05) is 18.1 Å². The van der Waals surface area contributed by atoms with Crippen LogP contribution in [-0.2, 0) is 6.54 Å². The molecule has 1 nitrogen and oxygen atoms in total. The molecule has 17 heavy (non-hydrogen) atoms. The predicted octanol–water partition coefficient (Wildman–Crippen LogP) is 3.71. The zero-order chi connectivity index (χ0) is 12.1. The molecule has 0 atom stereocenters. The van der Waals surface area contributed by atoms with E-state index in [1.807, 2.05) is 11.8 Å². The Morgan fingerprint density at radius 1 is 1.35 bits per heavy atom. The molecule has 0 radical (unpaired) electrons. The Balaban J connectivity index is 1.81. The van der Waals surface area contributed by atoms with Gasteiger partial charge in [0.15, 0.2) is 0 Å². The van der Waals surface area contributed by atoms with Gasteiger partial charge in [-0.1, -0.05) is 17.7 Å². The first kappa shape index (κ1) is 13.2. The molecule has 1 aliphatic heterocycles. The summed E-state index contributed by atoms with van der Waals surface area (Å²) in [5, 5.41) is 3.83. The van der Waals surface area contributed by atoms with Gasteiger partial charge in [-0.2, -0.15) is 11.8 Å². The normalized spacial score (nSPS) is 17.3. The largest absolute Gasteiger partial charge is 0.312 e. The van der Waals surface area contributed by atoms with Crippen LogP contribution in [0.5, 0.6) is 0 Å². The van der Waals surface area contributed by atoms with Crippen molar-refractivity contribution in [1.29, 1.82) is 0 Å². The van der Waals surface area contributed by atoms with Gasteiger partial charge in [-0.15, -0.1) is 0 Å². The summed E-state index contributed by atoms with van der Waals surface area (Å²) in [6, 6.07) is 4.83. The smallest absolute Gasteiger partial charge is 0.129 e. The number of hydrogen-bond acceptors (Lipinski definition) is 2. The zero-order valence-corrected chi connectivity index (χ0v) is 11.3. The molecule has 1 N–H and O–H groups in total. The molecule has 0 bridgehead atoms. The first-order chi connectivity index (χ1) is 8.27. The topological polar surface area (TPSA) is 12.0 Å². The maximum Gasteiger partial charge on any atom is 0.129 e. The van der Waals surface area contributed by atoms with Crippen molar-refractivity contribution in [3.63, 3.8) is 0 Å². The molecule has 1 aromatic carbocycles. The maximum atomic E-state index is 13.5. The Morgan fingerprint density at radius 2 is 2.12 bits per heavy atom. The lowest BCUT2D eigenvalue weighted by molar-refractivity contribution is 0.444. The molecule has 0 saturated carbocycles. The van der Waals surface area contributed by atoms with Gasteiger partial charge in [-0.05, 0) is 48.9 Å². The van der Waals surface area contributed by atoms with Gasteiger partial charge in [0, 0.05) is 17.1 Å². The highest BCUT2D eigenvalue weighted by atomic mass is 35.5. The van der Waals surface area contributed by atoms with Crippen molar-refractivity contribution in [2.45, 2.75) is 19.4 Å². The van der Waals surface area contributed by atoms with E-state index in [1.165, 1.54) is 30.4 Å². The average molecular weight is 274 g/mol. The number of thioether (sulfide) groups is 1. The first-order valence-corrected chi connectivity index (χ1v) is 7.52. The molecule has 1 aliphatic rings. The van der Waals surface area contributed by atoms with Crippen LogP contribution in [0.4, 0.5) is 4.39 Å². The third-order valence-corrected chi connectivity index (χ3v) is 4.54. The number of benzene rings is 1. The minimum atomic E-state index is -0.218. The molecule has 0 aromatic heterocycles. The molecule has 1 saturated heterocycles. The van der Waals surface area contributed by atoms with Crippen molar-refractivity contribution < 1.29 is 4.39 Å². The summed E-state index contributed by atoms with van der Waals surface area (Å²) < 4.78 is 13.5. The van der Waals surface area contributed by atoms with Gasteiger partial charge in [-0.3, -0.25) is 0 Å². The van der Waals surface area contributed by atoms with Crippen molar-refractivity contribution in [3.05, 3.63) is 34.6 Å². The molecule has 0 spiro atoms. The van der Waals surface area contributed by atoms with Crippen molar-refractivity contribution in [1.82, 2.24) is 5.32 Å². The SMILES string of the molecule is Fc1cccc(Cl)c1CNCC1CCSCC1. The Morgan fingerprint density at radius 3 is 2.82 bits per heavy atom. The van der Waals surface area contributed by atoms with E-state index in [4.69, 9.17) is 11.6 Å². The Kier molecular flexibility index (Phi) is 5.14. The second-order valence-corrected chi connectivity index (χ2v) is 6.02. The maximum absolute atomic E-state index is 13.5. The fraction of sp³-hybridized carbons (Fsp3) is 0.538. The number of rotatable bonds is 4. The van der Waals surface area contributed by atoms with E-state index in [-0.39, 0.29) is 5.82 Å². The highest BCUT2D eigenvalue weighted by Crippen LogP contribution is 2.22. The monoisotopic (exact) mass is 273 g/mol. The second kappa shape index (κ2) is 6.62. The summed E-state index contributed by atoms with van der Waals surface area (Å²) in [5.74, 6) is 3.03. The van der Waals surface area contributed by atoms with E-state index in [9.17, 15) is 4.39 Å². The van der Waals surface area contributed by atoms with Gasteiger partial charge in [0.1, 0.15) is 5.82 Å². The van der Waals surface area contributed by atoms with Crippen molar-refractivity contribution in [3.8, 4) is 0 Å². The van der Waals surface area contributed by atoms with E-state index >= 15 is 0 Å². The summed E-state index contributed by atoms with van der Waals surface area (Å²) in [5.41, 5.74) is 0.583. The van der Waals surface area contributed by atoms with Gasteiger partial charge >= 0.3 is 0 Å². The summed E-state index contributed by atoms with van der Waals surface area (Å²) in [7, 11) is 0. The lowest BCUT2D eigenvalue weighted by atomic mass is 10.0. The number of halogens is 2. The summed E-state index contributed by atoms with van der Waals surface area (Å²) in [6.07, 6.45) is 2.53. The van der Waals surface area contributed by atoms with Crippen LogP contribution >= 0.6 is 23.4 Å². The summed E-state index contributed by atoms with van der Waals surface area (Å²) >= 11 is 7.99. The third kappa shape index (κ3) is 3.87. The van der Waals surface area contributed by atoms with Crippen LogP contribution in [0.15, 0.2) is 18.2 Å². The first-order valence-electron chi connectivity index (χ1n) is 5.98. The van der Waals surface area contributed by atoms with Gasteiger partial charge in [0.25, 0.3) is 0 Å². The van der Waals surface area contributed by atoms with Crippen LogP contribution in [0.1, 0.15) is 18.4 Å². The predicted molar refractivity (Wildman–Crippen MR) is 73.2 cm³/mol. The number of nitrogens with one attached hydrogen (secondary N) is 1. The van der Waals surface area contributed by atoms with Gasteiger partial charge in [-0.25, -0.2) is 4.39 Å². The fourth-order valence-corrected chi connectivity index (χ4v) is 3.49. The van der Waals surface area contributed by atoms with Crippen LogP contribution < -0.4 is 5.32 Å². The fourth-order valence-electron chi connectivity index (χ4n) is 2.05. The minimum Gasteiger partial charge on any atom is -0.312 e. The van der Waals surface area contributed by atoms with Crippen LogP contribution in [-0.4, -0.2) is 18.1 Å². The number of hydrogen-bond donors (Lipinski definition) is 1. The molecule has 1 fully saturated rings. The van der Waals surface area contributed by atoms with Gasteiger partial charge in [0.2, 0.25) is 0 Å². The van der Waals surface area contributed by atoms with Crippen LogP contribution in [0, 0.1) is 11.7 Å². The molecule has 4 heteroatoms. The molecule has 0 aliphatic carbocycles. The van der Waals surface area contributed by atoms with Gasteiger partial charge in [0.05, 0.1) is 0 Å². The van der Waals surface area contributed by atoms with E-state index in [2.05, 4.69) is 5.32 Å². The van der Waals surface area contributed by atoms with Crippen LogP contribution in [0.25, 0.3) is 0 Å². The zero-order valence-electron chi connectivity index (χ0n) is 9.72. The molecule has 0 amide bonds. The van der Waals surface area contributed by atoms with Crippen LogP contribution in [0.3, 0.4) is 0 Å². The lowest BCUT2D eigenvalue weighted by Crippen LogP contribution is -2.25. The Bertz CT molecular complexity index is 346. The van der Waals surface area contributed by atoms with E-state index in [0.717, 1.165) is 12.5 Å². The quantitative estimate of drug-likeness (QED) is 0.898. The van der Waals surface area contributed by atoms with E-state index in [0.29, 0.717) is 17.1 Å². The molecule has 1 heterocycles. The van der Waals surface area contributed by atoms with Crippen molar-refractivity contribution in [2.24, 2.45) is 5.92 Å². The van der Waals surface area contributed by atoms with Gasteiger partial charge < -0.3 is 5.32 Å². The highest BCUT2D eigenvalue weighted by Gasteiger charge is 2.13. The average Bonchev–Trinajstić information content (AvgIpc) is 2.34. The Labute approximate surface area is 111 Å². The molecular formula is C13H17ClFNS. The highest BCUT2D eigenvalue weighted by molar-refractivity contribution is 7.99. The Hall–Kier alpha value is -0.250. The van der Waals surface area contributed by atoms with Crippen molar-refractivity contribution >= 4 is 23.4 Å². The third-order valence-electron chi connectivity index (χ3n) is 3.14. The molecule has 0 unspecified atom stereocenters. The van der Waals surface area contributed by atoms with Crippen LogP contribution in [0.2, 0.25) is 5.02 Å². The lowest BCUT2D eigenvalue weighted by Gasteiger charge is -2.21. The molecule has 94 valence electrons. The van der Waals surface area contributed by atoms with E-state index < -0.39 is 0 Å².